The molecule has 0 amide bonds. The maximum absolute atomic E-state index is 3.54. The Labute approximate surface area is 123 Å². The number of fused-ring (bicyclic) bond motifs is 1. The Hall–Kier alpha value is -0.680. The maximum atomic E-state index is 3.54. The predicted octanol–water partition coefficient (Wildman–Crippen LogP) is 3.52. The van der Waals surface area contributed by atoms with Crippen LogP contribution >= 0.6 is 22.7 Å². The van der Waals surface area contributed by atoms with Gasteiger partial charge in [-0.05, 0) is 41.8 Å². The van der Waals surface area contributed by atoms with E-state index in [0.29, 0.717) is 6.04 Å². The van der Waals surface area contributed by atoms with E-state index in [1.807, 2.05) is 22.7 Å². The lowest BCUT2D eigenvalue weighted by atomic mass is 10.0. The molecule has 4 heteroatoms. The monoisotopic (exact) mass is 292 g/mol. The molecule has 0 bridgehead atoms. The van der Waals surface area contributed by atoms with Crippen molar-refractivity contribution in [3.8, 4) is 0 Å². The van der Waals surface area contributed by atoms with E-state index >= 15 is 0 Å². The van der Waals surface area contributed by atoms with Crippen LogP contribution < -0.4 is 5.32 Å². The summed E-state index contributed by atoms with van der Waals surface area (Å²) in [5, 5.41) is 7.92. The van der Waals surface area contributed by atoms with Gasteiger partial charge < -0.3 is 5.32 Å². The van der Waals surface area contributed by atoms with Crippen molar-refractivity contribution in [3.63, 3.8) is 0 Å². The number of rotatable bonds is 5. The third kappa shape index (κ3) is 3.08. The second-order valence-corrected chi connectivity index (χ2v) is 7.05. The van der Waals surface area contributed by atoms with Gasteiger partial charge in [0, 0.05) is 42.0 Å². The number of nitrogens with one attached hydrogen (secondary N) is 1. The van der Waals surface area contributed by atoms with Crippen LogP contribution in [0.3, 0.4) is 0 Å². The van der Waals surface area contributed by atoms with Crippen LogP contribution in [0.5, 0.6) is 0 Å². The first-order valence-electron chi connectivity index (χ1n) is 6.88. The van der Waals surface area contributed by atoms with Gasteiger partial charge in [0.15, 0.2) is 0 Å². The van der Waals surface area contributed by atoms with Crippen LogP contribution in [0.4, 0.5) is 0 Å². The van der Waals surface area contributed by atoms with Crippen molar-refractivity contribution < 1.29 is 0 Å². The van der Waals surface area contributed by atoms with Crippen LogP contribution in [0, 0.1) is 0 Å². The largest absolute Gasteiger partial charge is 0.311 e. The smallest absolute Gasteiger partial charge is 0.0331 e. The van der Waals surface area contributed by atoms with Gasteiger partial charge in [-0.2, -0.15) is 0 Å². The van der Waals surface area contributed by atoms with Crippen molar-refractivity contribution in [2.45, 2.75) is 25.9 Å². The minimum atomic E-state index is 0.582. The van der Waals surface area contributed by atoms with Crippen LogP contribution in [-0.4, -0.2) is 24.5 Å². The second kappa shape index (κ2) is 6.18. The van der Waals surface area contributed by atoms with Crippen molar-refractivity contribution >= 4 is 22.7 Å². The Morgan fingerprint density at radius 1 is 1.32 bits per heavy atom. The molecule has 0 saturated carbocycles. The van der Waals surface area contributed by atoms with Crippen LogP contribution in [0.15, 0.2) is 29.0 Å². The van der Waals surface area contributed by atoms with Gasteiger partial charge in [0.2, 0.25) is 0 Å². The standard InChI is InChI=1S/C15H20N2S2/c1-12-14-5-10-19-15(14)4-7-17(12)8-6-16-11-13-3-2-9-18-13/h2-3,5,9-10,12,16H,4,6-8,11H2,1H3. The van der Waals surface area contributed by atoms with Crippen LogP contribution in [0.2, 0.25) is 0 Å². The molecule has 0 aromatic carbocycles. The second-order valence-electron chi connectivity index (χ2n) is 5.02. The van der Waals surface area contributed by atoms with E-state index in [2.05, 4.69) is 46.1 Å². The fraction of sp³-hybridized carbons (Fsp3) is 0.467. The summed E-state index contributed by atoms with van der Waals surface area (Å²) < 4.78 is 0. The summed E-state index contributed by atoms with van der Waals surface area (Å²) in [6.07, 6.45) is 1.22. The average Bonchev–Trinajstić information content (AvgIpc) is 3.08. The number of hydrogen-bond donors (Lipinski definition) is 1. The highest BCUT2D eigenvalue weighted by Gasteiger charge is 2.23. The zero-order valence-electron chi connectivity index (χ0n) is 11.3. The first kappa shape index (κ1) is 13.3. The third-order valence-electron chi connectivity index (χ3n) is 3.86. The molecule has 2 aromatic heterocycles. The molecule has 2 nitrogen and oxygen atoms in total. The molecule has 1 aliphatic heterocycles. The maximum Gasteiger partial charge on any atom is 0.0331 e. The first-order valence-corrected chi connectivity index (χ1v) is 8.64. The summed E-state index contributed by atoms with van der Waals surface area (Å²) in [7, 11) is 0. The van der Waals surface area contributed by atoms with Crippen molar-refractivity contribution in [1.82, 2.24) is 10.2 Å². The van der Waals surface area contributed by atoms with E-state index in [1.54, 1.807) is 10.4 Å². The third-order valence-corrected chi connectivity index (χ3v) is 5.73. The van der Waals surface area contributed by atoms with E-state index < -0.39 is 0 Å². The van der Waals surface area contributed by atoms with Gasteiger partial charge in [0.25, 0.3) is 0 Å². The van der Waals surface area contributed by atoms with Gasteiger partial charge in [-0.15, -0.1) is 22.7 Å². The predicted molar refractivity (Wildman–Crippen MR) is 84.0 cm³/mol. The number of nitrogens with zero attached hydrogens (tertiary/aromatic N) is 1. The molecule has 3 heterocycles. The van der Waals surface area contributed by atoms with E-state index in [-0.39, 0.29) is 0 Å². The van der Waals surface area contributed by atoms with Crippen molar-refractivity contribution in [1.29, 1.82) is 0 Å². The zero-order valence-corrected chi connectivity index (χ0v) is 12.9. The molecular formula is C15H20N2S2. The number of hydrogen-bond acceptors (Lipinski definition) is 4. The summed E-state index contributed by atoms with van der Waals surface area (Å²) in [6.45, 7) is 6.76. The highest BCUT2D eigenvalue weighted by Crippen LogP contribution is 2.32. The molecular weight excluding hydrogens is 272 g/mol. The van der Waals surface area contributed by atoms with E-state index in [1.165, 1.54) is 17.8 Å². The highest BCUT2D eigenvalue weighted by molar-refractivity contribution is 7.10. The zero-order chi connectivity index (χ0) is 13.1. The molecule has 0 aliphatic carbocycles. The van der Waals surface area contributed by atoms with Crippen LogP contribution in [-0.2, 0) is 13.0 Å². The van der Waals surface area contributed by atoms with Crippen molar-refractivity contribution in [2.75, 3.05) is 19.6 Å². The number of thiophene rings is 2. The van der Waals surface area contributed by atoms with Gasteiger partial charge in [-0.3, -0.25) is 4.90 Å². The van der Waals surface area contributed by atoms with Crippen molar-refractivity contribution in [2.24, 2.45) is 0 Å². The van der Waals surface area contributed by atoms with Crippen LogP contribution in [0.1, 0.15) is 28.3 Å². The molecule has 0 spiro atoms. The summed E-state index contributed by atoms with van der Waals surface area (Å²) in [4.78, 5) is 5.61. The lowest BCUT2D eigenvalue weighted by molar-refractivity contribution is 0.201. The van der Waals surface area contributed by atoms with Gasteiger partial charge in [-0.25, -0.2) is 0 Å². The normalized spacial score (nSPS) is 19.5. The first-order chi connectivity index (χ1) is 9.34. The Bertz CT molecular complexity index is 504. The Morgan fingerprint density at radius 2 is 2.26 bits per heavy atom. The fourth-order valence-electron chi connectivity index (χ4n) is 2.71. The van der Waals surface area contributed by atoms with Gasteiger partial charge >= 0.3 is 0 Å². The lowest BCUT2D eigenvalue weighted by Crippen LogP contribution is -2.37. The summed E-state index contributed by atoms with van der Waals surface area (Å²) in [5.74, 6) is 0. The van der Waals surface area contributed by atoms with E-state index in [4.69, 9.17) is 0 Å². The quantitative estimate of drug-likeness (QED) is 0.848. The van der Waals surface area contributed by atoms with Gasteiger partial charge in [0.05, 0.1) is 0 Å². The minimum absolute atomic E-state index is 0.582. The molecule has 1 atom stereocenters. The topological polar surface area (TPSA) is 15.3 Å². The summed E-state index contributed by atoms with van der Waals surface area (Å²) >= 11 is 3.74. The molecule has 1 unspecified atom stereocenters. The molecule has 19 heavy (non-hydrogen) atoms. The minimum Gasteiger partial charge on any atom is -0.311 e. The Morgan fingerprint density at radius 3 is 3.11 bits per heavy atom. The van der Waals surface area contributed by atoms with Crippen molar-refractivity contribution in [3.05, 3.63) is 44.3 Å². The lowest BCUT2D eigenvalue weighted by Gasteiger charge is -2.33. The molecule has 0 radical (unpaired) electrons. The average molecular weight is 292 g/mol. The van der Waals surface area contributed by atoms with E-state index in [9.17, 15) is 0 Å². The van der Waals surface area contributed by atoms with E-state index in [0.717, 1.165) is 19.6 Å². The molecule has 0 fully saturated rings. The summed E-state index contributed by atoms with van der Waals surface area (Å²) in [5.41, 5.74) is 1.55. The summed E-state index contributed by atoms with van der Waals surface area (Å²) in [6, 6.07) is 7.19. The molecule has 102 valence electrons. The van der Waals surface area contributed by atoms with Crippen LogP contribution in [0.25, 0.3) is 0 Å². The molecule has 1 aliphatic rings. The fourth-order valence-corrected chi connectivity index (χ4v) is 4.35. The van der Waals surface area contributed by atoms with Gasteiger partial charge in [-0.1, -0.05) is 6.07 Å². The Balaban J connectivity index is 1.46. The SMILES string of the molecule is CC1c2ccsc2CCN1CCNCc1cccs1. The molecule has 2 aromatic rings. The van der Waals surface area contributed by atoms with Gasteiger partial charge in [0.1, 0.15) is 0 Å². The molecule has 3 rings (SSSR count). The molecule has 1 N–H and O–H groups in total. The molecule has 0 saturated heterocycles. The highest BCUT2D eigenvalue weighted by atomic mass is 32.1. The Kier molecular flexibility index (Phi) is 4.33.